The lowest BCUT2D eigenvalue weighted by atomic mass is 10.1. The van der Waals surface area contributed by atoms with E-state index in [1.807, 2.05) is 74.2 Å². The third-order valence-corrected chi connectivity index (χ3v) is 6.29. The molecule has 176 valence electrons. The molecule has 9 heteroatoms. The number of nitrogens with zero attached hydrogens (tertiary/aromatic N) is 5. The van der Waals surface area contributed by atoms with E-state index in [4.69, 9.17) is 9.73 Å². The highest BCUT2D eigenvalue weighted by Gasteiger charge is 2.12. The summed E-state index contributed by atoms with van der Waals surface area (Å²) < 4.78 is 7.81. The van der Waals surface area contributed by atoms with E-state index < -0.39 is 0 Å². The molecule has 0 atom stereocenters. The van der Waals surface area contributed by atoms with Crippen molar-refractivity contribution >= 4 is 34.0 Å². The summed E-state index contributed by atoms with van der Waals surface area (Å²) in [6.07, 6.45) is 1.50. The molecule has 2 aromatic heterocycles. The number of hydrogen-bond acceptors (Lipinski definition) is 7. The summed E-state index contributed by atoms with van der Waals surface area (Å²) in [6, 6.07) is 15.1. The van der Waals surface area contributed by atoms with Crippen LogP contribution in [0, 0.1) is 0 Å². The number of para-hydroxylation sites is 3. The lowest BCUT2D eigenvalue weighted by Crippen LogP contribution is -2.19. The molecule has 0 saturated heterocycles. The van der Waals surface area contributed by atoms with Crippen LogP contribution in [0.15, 0.2) is 65.1 Å². The molecule has 0 unspecified atom stereocenters. The minimum Gasteiger partial charge on any atom is -0.374 e. The predicted molar refractivity (Wildman–Crippen MR) is 135 cm³/mol. The number of nitrogens with one attached hydrogen (secondary N) is 1. The average molecular weight is 477 g/mol. The molecule has 4 aromatic rings. The van der Waals surface area contributed by atoms with E-state index in [0.717, 1.165) is 28.1 Å². The molecule has 1 N–H and O–H groups in total. The van der Waals surface area contributed by atoms with E-state index in [1.165, 1.54) is 6.20 Å². The number of aromatic nitrogens is 3. The van der Waals surface area contributed by atoms with Gasteiger partial charge in [0.05, 0.1) is 42.7 Å². The van der Waals surface area contributed by atoms with Crippen molar-refractivity contribution in [3.63, 3.8) is 0 Å². The number of thiazole rings is 1. The normalized spacial score (nSPS) is 11.9. The van der Waals surface area contributed by atoms with Crippen LogP contribution in [0.2, 0.25) is 0 Å². The maximum absolute atomic E-state index is 12.8. The van der Waals surface area contributed by atoms with Crippen molar-refractivity contribution < 1.29 is 9.53 Å². The molecule has 1 amide bonds. The largest absolute Gasteiger partial charge is 0.374 e. The number of anilines is 1. The van der Waals surface area contributed by atoms with Crippen molar-refractivity contribution in [1.29, 1.82) is 0 Å². The van der Waals surface area contributed by atoms with Crippen LogP contribution in [0.5, 0.6) is 0 Å². The first kappa shape index (κ1) is 23.7. The number of fused-ring (bicyclic) bond motifs is 1. The van der Waals surface area contributed by atoms with Crippen molar-refractivity contribution in [3.8, 4) is 0 Å². The molecule has 0 aliphatic heterocycles. The second kappa shape index (κ2) is 11.1. The predicted octanol–water partition coefficient (Wildman–Crippen LogP) is 3.46. The van der Waals surface area contributed by atoms with Gasteiger partial charge in [-0.15, -0.1) is 11.3 Å². The molecule has 0 aliphatic rings. The summed E-state index contributed by atoms with van der Waals surface area (Å²) >= 11 is 1.58. The minimum absolute atomic E-state index is 0.272. The van der Waals surface area contributed by atoms with Crippen molar-refractivity contribution in [1.82, 2.24) is 19.4 Å². The van der Waals surface area contributed by atoms with E-state index in [1.54, 1.807) is 11.3 Å². The molecule has 0 aliphatic carbocycles. The van der Waals surface area contributed by atoms with Crippen LogP contribution in [-0.4, -0.2) is 52.6 Å². The Balaban J connectivity index is 1.45. The summed E-state index contributed by atoms with van der Waals surface area (Å²) in [5.41, 5.74) is 4.42. The number of hydrogen-bond donors (Lipinski definition) is 1. The SMILES string of the molecule is CN(C)CCOCc1csc(=NCc2ccccc2NC(=O)c2cnc3ccccc3n2)n1C. The van der Waals surface area contributed by atoms with Crippen LogP contribution >= 0.6 is 11.3 Å². The van der Waals surface area contributed by atoms with Gasteiger partial charge in [-0.25, -0.2) is 4.98 Å². The van der Waals surface area contributed by atoms with Crippen molar-refractivity contribution in [2.75, 3.05) is 32.6 Å². The standard InChI is InChI=1S/C25H28N6O2S/c1-30(2)12-13-33-16-19-17-34-25(31(19)3)27-14-18-8-4-5-9-20(18)29-24(32)23-15-26-21-10-6-7-11-22(21)28-23/h4-11,15,17H,12-14,16H2,1-3H3,(H,29,32). The van der Waals surface area contributed by atoms with Gasteiger partial charge < -0.3 is 19.5 Å². The fourth-order valence-electron chi connectivity index (χ4n) is 3.29. The van der Waals surface area contributed by atoms with Gasteiger partial charge in [0.15, 0.2) is 4.80 Å². The van der Waals surface area contributed by atoms with E-state index >= 15 is 0 Å². The fourth-order valence-corrected chi connectivity index (χ4v) is 4.17. The van der Waals surface area contributed by atoms with Gasteiger partial charge in [-0.05, 0) is 37.9 Å². The van der Waals surface area contributed by atoms with Gasteiger partial charge in [-0.1, -0.05) is 30.3 Å². The first-order valence-electron chi connectivity index (χ1n) is 11.0. The molecule has 34 heavy (non-hydrogen) atoms. The first-order valence-corrected chi connectivity index (χ1v) is 11.9. The zero-order valence-corrected chi connectivity index (χ0v) is 20.4. The Hall–Kier alpha value is -3.40. The van der Waals surface area contributed by atoms with E-state index in [-0.39, 0.29) is 11.6 Å². The van der Waals surface area contributed by atoms with Crippen LogP contribution in [0.1, 0.15) is 21.7 Å². The summed E-state index contributed by atoms with van der Waals surface area (Å²) in [5.74, 6) is -0.301. The van der Waals surface area contributed by atoms with E-state index in [9.17, 15) is 4.79 Å². The van der Waals surface area contributed by atoms with Crippen LogP contribution in [0.3, 0.4) is 0 Å². The molecule has 0 spiro atoms. The van der Waals surface area contributed by atoms with Gasteiger partial charge in [0.1, 0.15) is 5.69 Å². The molecule has 0 saturated carbocycles. The smallest absolute Gasteiger partial charge is 0.275 e. The Morgan fingerprint density at radius 3 is 2.74 bits per heavy atom. The van der Waals surface area contributed by atoms with Gasteiger partial charge in [-0.3, -0.25) is 14.8 Å². The van der Waals surface area contributed by atoms with Crippen molar-refractivity contribution in [2.24, 2.45) is 12.0 Å². The number of carbonyl (C=O) groups excluding carboxylic acids is 1. The summed E-state index contributed by atoms with van der Waals surface area (Å²) in [5, 5.41) is 5.03. The van der Waals surface area contributed by atoms with E-state index in [0.29, 0.717) is 31.0 Å². The van der Waals surface area contributed by atoms with Crippen LogP contribution < -0.4 is 10.1 Å². The molecule has 2 heterocycles. The number of benzene rings is 2. The highest BCUT2D eigenvalue weighted by Crippen LogP contribution is 2.18. The van der Waals surface area contributed by atoms with Crippen LogP contribution in [-0.2, 0) is 24.9 Å². The van der Waals surface area contributed by atoms with Gasteiger partial charge in [0.2, 0.25) is 0 Å². The maximum Gasteiger partial charge on any atom is 0.275 e. The number of rotatable bonds is 9. The van der Waals surface area contributed by atoms with Gasteiger partial charge in [0, 0.05) is 24.7 Å². The van der Waals surface area contributed by atoms with Crippen LogP contribution in [0.4, 0.5) is 5.69 Å². The second-order valence-corrected chi connectivity index (χ2v) is 8.93. The number of ether oxygens (including phenoxy) is 1. The van der Waals surface area contributed by atoms with Gasteiger partial charge >= 0.3 is 0 Å². The van der Waals surface area contributed by atoms with Crippen molar-refractivity contribution in [3.05, 3.63) is 81.9 Å². The topological polar surface area (TPSA) is 84.6 Å². The second-order valence-electron chi connectivity index (χ2n) is 8.10. The molecule has 0 fully saturated rings. The van der Waals surface area contributed by atoms with Crippen molar-refractivity contribution in [2.45, 2.75) is 13.2 Å². The highest BCUT2D eigenvalue weighted by atomic mass is 32.1. The summed E-state index contributed by atoms with van der Waals surface area (Å²) in [4.78, 5) is 29.4. The Morgan fingerprint density at radius 2 is 1.91 bits per heavy atom. The number of likely N-dealkylation sites (N-methyl/N-ethyl adjacent to an activating group) is 1. The molecule has 4 rings (SSSR count). The molecule has 8 nitrogen and oxygen atoms in total. The molecule has 0 radical (unpaired) electrons. The van der Waals surface area contributed by atoms with Gasteiger partial charge in [0.25, 0.3) is 5.91 Å². The minimum atomic E-state index is -0.301. The number of amides is 1. The third-order valence-electron chi connectivity index (χ3n) is 5.28. The fraction of sp³-hybridized carbons (Fsp3) is 0.280. The van der Waals surface area contributed by atoms with Gasteiger partial charge in [-0.2, -0.15) is 0 Å². The number of carbonyl (C=O) groups is 1. The van der Waals surface area contributed by atoms with E-state index in [2.05, 4.69) is 25.6 Å². The maximum atomic E-state index is 12.8. The zero-order chi connectivity index (χ0) is 23.9. The molecule has 0 bridgehead atoms. The average Bonchev–Trinajstić information content (AvgIpc) is 3.20. The Bertz CT molecular complexity index is 1340. The summed E-state index contributed by atoms with van der Waals surface area (Å²) in [7, 11) is 6.05. The Labute approximate surface area is 202 Å². The monoisotopic (exact) mass is 476 g/mol. The quantitative estimate of drug-likeness (QED) is 0.374. The molecular weight excluding hydrogens is 448 g/mol. The van der Waals surface area contributed by atoms with Crippen LogP contribution in [0.25, 0.3) is 11.0 Å². The molecule has 2 aromatic carbocycles. The first-order chi connectivity index (χ1) is 16.5. The zero-order valence-electron chi connectivity index (χ0n) is 19.6. The Kier molecular flexibility index (Phi) is 7.79. The highest BCUT2D eigenvalue weighted by molar-refractivity contribution is 7.07. The lowest BCUT2D eigenvalue weighted by Gasteiger charge is -2.10. The lowest BCUT2D eigenvalue weighted by molar-refractivity contribution is 0.101. The summed E-state index contributed by atoms with van der Waals surface area (Å²) in [6.45, 7) is 2.56. The third kappa shape index (κ3) is 5.93. The molecular formula is C25H28N6O2S. The Morgan fingerprint density at radius 1 is 1.15 bits per heavy atom.